The zero-order valence-electron chi connectivity index (χ0n) is 14.6. The van der Waals surface area contributed by atoms with Crippen LogP contribution in [0.25, 0.3) is 0 Å². The number of hydrogen-bond donors (Lipinski definition) is 0. The summed E-state index contributed by atoms with van der Waals surface area (Å²) in [7, 11) is 3.99. The first kappa shape index (κ1) is 17.8. The van der Waals surface area contributed by atoms with E-state index in [-0.39, 0.29) is 6.10 Å². The van der Waals surface area contributed by atoms with Gasteiger partial charge in [0.2, 0.25) is 0 Å². The van der Waals surface area contributed by atoms with Gasteiger partial charge in [0.1, 0.15) is 11.9 Å². The highest BCUT2D eigenvalue weighted by molar-refractivity contribution is 5.23. The van der Waals surface area contributed by atoms with Crippen molar-refractivity contribution < 1.29 is 13.5 Å². The molecule has 0 saturated carbocycles. The van der Waals surface area contributed by atoms with Crippen molar-refractivity contribution in [2.45, 2.75) is 25.6 Å². The smallest absolute Gasteiger partial charge is 0.163 e. The van der Waals surface area contributed by atoms with Crippen LogP contribution in [0.5, 0.6) is 5.75 Å². The predicted molar refractivity (Wildman–Crippen MR) is 92.3 cm³/mol. The molecule has 6 heteroatoms. The molecule has 0 aliphatic carbocycles. The van der Waals surface area contributed by atoms with Crippen LogP contribution in [0.3, 0.4) is 0 Å². The van der Waals surface area contributed by atoms with Crippen LogP contribution in [0.15, 0.2) is 36.5 Å². The van der Waals surface area contributed by atoms with Crippen LogP contribution in [0.1, 0.15) is 17.7 Å². The number of ether oxygens (including phenoxy) is 1. The molecule has 1 unspecified atom stereocenters. The van der Waals surface area contributed by atoms with Crippen LogP contribution in [-0.2, 0) is 13.1 Å². The predicted octanol–water partition coefficient (Wildman–Crippen LogP) is 3.07. The minimum Gasteiger partial charge on any atom is -0.489 e. The topological polar surface area (TPSA) is 28.6 Å². The van der Waals surface area contributed by atoms with Crippen molar-refractivity contribution in [1.82, 2.24) is 14.8 Å². The van der Waals surface area contributed by atoms with Gasteiger partial charge in [0.05, 0.1) is 5.69 Å². The molecule has 134 valence electrons. The lowest BCUT2D eigenvalue weighted by atomic mass is 10.2. The third-order valence-electron chi connectivity index (χ3n) is 4.22. The average molecular weight is 347 g/mol. The van der Waals surface area contributed by atoms with E-state index in [4.69, 9.17) is 4.74 Å². The van der Waals surface area contributed by atoms with Crippen molar-refractivity contribution in [3.05, 3.63) is 59.4 Å². The molecule has 25 heavy (non-hydrogen) atoms. The second kappa shape index (κ2) is 7.89. The second-order valence-electron chi connectivity index (χ2n) is 6.70. The normalized spacial score (nSPS) is 18.0. The third-order valence-corrected chi connectivity index (χ3v) is 4.22. The molecule has 2 aromatic rings. The molecular formula is C19H23F2N3O. The summed E-state index contributed by atoms with van der Waals surface area (Å²) < 4.78 is 33.2. The van der Waals surface area contributed by atoms with E-state index in [0.717, 1.165) is 37.0 Å². The molecule has 3 rings (SSSR count). The van der Waals surface area contributed by atoms with Crippen molar-refractivity contribution in [3.63, 3.8) is 0 Å². The summed E-state index contributed by atoms with van der Waals surface area (Å²) in [5, 5.41) is 0. The quantitative estimate of drug-likeness (QED) is 0.803. The second-order valence-corrected chi connectivity index (χ2v) is 6.70. The van der Waals surface area contributed by atoms with Gasteiger partial charge in [-0.2, -0.15) is 0 Å². The maximum atomic E-state index is 13.8. The maximum absolute atomic E-state index is 13.8. The van der Waals surface area contributed by atoms with E-state index in [1.54, 1.807) is 18.3 Å². The fourth-order valence-electron chi connectivity index (χ4n) is 3.08. The molecule has 0 N–H and O–H groups in total. The summed E-state index contributed by atoms with van der Waals surface area (Å²) in [5.74, 6) is -0.750. The molecule has 0 radical (unpaired) electrons. The third kappa shape index (κ3) is 4.74. The van der Waals surface area contributed by atoms with E-state index in [1.807, 2.05) is 26.2 Å². The molecule has 4 nitrogen and oxygen atoms in total. The number of likely N-dealkylation sites (tertiary alicyclic amines) is 1. The lowest BCUT2D eigenvalue weighted by Crippen LogP contribution is -2.25. The van der Waals surface area contributed by atoms with Crippen molar-refractivity contribution in [3.8, 4) is 5.75 Å². The molecule has 1 fully saturated rings. The first-order valence-corrected chi connectivity index (χ1v) is 8.43. The monoisotopic (exact) mass is 347 g/mol. The molecule has 1 aromatic heterocycles. The van der Waals surface area contributed by atoms with Gasteiger partial charge in [-0.3, -0.25) is 9.88 Å². The summed E-state index contributed by atoms with van der Waals surface area (Å²) in [5.41, 5.74) is 1.34. The zero-order chi connectivity index (χ0) is 17.8. The summed E-state index contributed by atoms with van der Waals surface area (Å²) in [6.07, 6.45) is 2.66. The Hall–Kier alpha value is -2.05. The first-order chi connectivity index (χ1) is 12.0. The summed E-state index contributed by atoms with van der Waals surface area (Å²) in [6, 6.07) is 8.12. The SMILES string of the molecule is CN(C)Cc1cc(OC2CCN(Cc3cccc(F)c3F)C2)ccn1. The number of hydrogen-bond acceptors (Lipinski definition) is 4. The Kier molecular flexibility index (Phi) is 5.60. The molecular weight excluding hydrogens is 324 g/mol. The maximum Gasteiger partial charge on any atom is 0.163 e. The minimum absolute atomic E-state index is 0.0474. The highest BCUT2D eigenvalue weighted by Crippen LogP contribution is 2.21. The molecule has 2 heterocycles. The van der Waals surface area contributed by atoms with Crippen LogP contribution in [0.2, 0.25) is 0 Å². The molecule has 1 aliphatic heterocycles. The van der Waals surface area contributed by atoms with E-state index in [0.29, 0.717) is 18.7 Å². The minimum atomic E-state index is -0.797. The fraction of sp³-hybridized carbons (Fsp3) is 0.421. The Morgan fingerprint density at radius 2 is 2.12 bits per heavy atom. The van der Waals surface area contributed by atoms with Crippen LogP contribution >= 0.6 is 0 Å². The van der Waals surface area contributed by atoms with Gasteiger partial charge in [0.25, 0.3) is 0 Å². The number of nitrogens with zero attached hydrogens (tertiary/aromatic N) is 3. The molecule has 1 saturated heterocycles. The van der Waals surface area contributed by atoms with E-state index >= 15 is 0 Å². The Morgan fingerprint density at radius 3 is 2.92 bits per heavy atom. The van der Waals surface area contributed by atoms with Gasteiger partial charge in [-0.1, -0.05) is 12.1 Å². The Bertz CT molecular complexity index is 724. The molecule has 0 amide bonds. The Morgan fingerprint density at radius 1 is 1.28 bits per heavy atom. The van der Waals surface area contributed by atoms with Gasteiger partial charge >= 0.3 is 0 Å². The lowest BCUT2D eigenvalue weighted by molar-refractivity contribution is 0.197. The van der Waals surface area contributed by atoms with Gasteiger partial charge in [-0.05, 0) is 32.6 Å². The van der Waals surface area contributed by atoms with E-state index < -0.39 is 11.6 Å². The summed E-state index contributed by atoms with van der Waals surface area (Å²) in [4.78, 5) is 8.47. The number of benzene rings is 1. The van der Waals surface area contributed by atoms with Crippen LogP contribution < -0.4 is 4.74 Å². The van der Waals surface area contributed by atoms with Crippen molar-refractivity contribution in [2.75, 3.05) is 27.2 Å². The van der Waals surface area contributed by atoms with Crippen LogP contribution in [-0.4, -0.2) is 48.1 Å². The summed E-state index contributed by atoms with van der Waals surface area (Å²) in [6.45, 7) is 2.65. The molecule has 1 atom stereocenters. The van der Waals surface area contributed by atoms with Gasteiger partial charge in [0.15, 0.2) is 11.6 Å². The van der Waals surface area contributed by atoms with Gasteiger partial charge in [-0.25, -0.2) is 8.78 Å². The number of halogens is 2. The Labute approximate surface area is 147 Å². The van der Waals surface area contributed by atoms with Crippen LogP contribution in [0, 0.1) is 11.6 Å². The van der Waals surface area contributed by atoms with E-state index in [9.17, 15) is 8.78 Å². The largest absolute Gasteiger partial charge is 0.489 e. The molecule has 0 bridgehead atoms. The molecule has 0 spiro atoms. The number of pyridine rings is 1. The van der Waals surface area contributed by atoms with Crippen molar-refractivity contribution >= 4 is 0 Å². The lowest BCUT2D eigenvalue weighted by Gasteiger charge is -2.18. The molecule has 1 aromatic carbocycles. The van der Waals surface area contributed by atoms with E-state index in [2.05, 4.69) is 14.8 Å². The van der Waals surface area contributed by atoms with E-state index in [1.165, 1.54) is 0 Å². The van der Waals surface area contributed by atoms with Gasteiger partial charge in [-0.15, -0.1) is 0 Å². The Balaban J connectivity index is 1.57. The number of rotatable bonds is 6. The van der Waals surface area contributed by atoms with Gasteiger partial charge in [0, 0.05) is 44.0 Å². The summed E-state index contributed by atoms with van der Waals surface area (Å²) >= 11 is 0. The van der Waals surface area contributed by atoms with Crippen LogP contribution in [0.4, 0.5) is 8.78 Å². The molecule has 1 aliphatic rings. The highest BCUT2D eigenvalue weighted by Gasteiger charge is 2.25. The highest BCUT2D eigenvalue weighted by atomic mass is 19.2. The standard InChI is InChI=1S/C19H23F2N3O/c1-23(2)12-15-10-16(6-8-22-15)25-17-7-9-24(13-17)11-14-4-3-5-18(20)19(14)21/h3-6,8,10,17H,7,9,11-13H2,1-2H3. The first-order valence-electron chi connectivity index (χ1n) is 8.43. The average Bonchev–Trinajstić information content (AvgIpc) is 2.98. The van der Waals surface area contributed by atoms with Crippen molar-refractivity contribution in [2.24, 2.45) is 0 Å². The van der Waals surface area contributed by atoms with Crippen molar-refractivity contribution in [1.29, 1.82) is 0 Å². The zero-order valence-corrected chi connectivity index (χ0v) is 14.6. The fourth-order valence-corrected chi connectivity index (χ4v) is 3.08. The van der Waals surface area contributed by atoms with Gasteiger partial charge < -0.3 is 9.64 Å². The number of aromatic nitrogens is 1.